The van der Waals surface area contributed by atoms with Gasteiger partial charge < -0.3 is 20.3 Å². The van der Waals surface area contributed by atoms with Crippen molar-refractivity contribution in [1.29, 1.82) is 0 Å². The van der Waals surface area contributed by atoms with Crippen LogP contribution in [0.4, 0.5) is 11.4 Å². The minimum atomic E-state index is -1.31. The third-order valence-electron chi connectivity index (χ3n) is 3.47. The van der Waals surface area contributed by atoms with E-state index in [0.29, 0.717) is 21.6 Å². The average Bonchev–Trinajstić information content (AvgIpc) is 2.74. The van der Waals surface area contributed by atoms with Gasteiger partial charge in [0.15, 0.2) is 0 Å². The molecule has 134 valence electrons. The number of fused-ring (bicyclic) bond motifs is 1. The minimum Gasteiger partial charge on any atom is -0.459 e. The molecule has 0 bridgehead atoms. The SMILES string of the molecule is [2H]c1c([2H])c([2H])c(C(=O)OCC(O)CO)c(Nc2ccnc3cc(Cl)ccc23)c1[2H]. The molecule has 0 saturated carbocycles. The Hall–Kier alpha value is -2.67. The molecule has 0 spiro atoms. The summed E-state index contributed by atoms with van der Waals surface area (Å²) < 4.78 is 37.1. The second-order valence-electron chi connectivity index (χ2n) is 5.33. The number of benzene rings is 2. The summed E-state index contributed by atoms with van der Waals surface area (Å²) in [5.41, 5.74) is 0.367. The van der Waals surface area contributed by atoms with Crippen molar-refractivity contribution in [2.45, 2.75) is 6.10 Å². The highest BCUT2D eigenvalue weighted by Gasteiger charge is 2.15. The van der Waals surface area contributed by atoms with Gasteiger partial charge in [0.1, 0.15) is 12.7 Å². The first-order valence-corrected chi connectivity index (χ1v) is 8.00. The fourth-order valence-corrected chi connectivity index (χ4v) is 2.39. The molecular formula is C19H17ClN2O4. The number of aliphatic hydroxyl groups excluding tert-OH is 2. The molecule has 26 heavy (non-hydrogen) atoms. The van der Waals surface area contributed by atoms with E-state index in [2.05, 4.69) is 10.3 Å². The Morgan fingerprint density at radius 2 is 2.12 bits per heavy atom. The van der Waals surface area contributed by atoms with Crippen LogP contribution in [-0.4, -0.2) is 40.5 Å². The lowest BCUT2D eigenvalue weighted by Crippen LogP contribution is -2.22. The smallest absolute Gasteiger partial charge is 0.340 e. The van der Waals surface area contributed by atoms with E-state index >= 15 is 0 Å². The summed E-state index contributed by atoms with van der Waals surface area (Å²) in [5, 5.41) is 22.3. The number of halogens is 1. The highest BCUT2D eigenvalue weighted by atomic mass is 35.5. The monoisotopic (exact) mass is 376 g/mol. The van der Waals surface area contributed by atoms with Gasteiger partial charge >= 0.3 is 5.97 Å². The van der Waals surface area contributed by atoms with Crippen molar-refractivity contribution in [3.05, 3.63) is 65.2 Å². The van der Waals surface area contributed by atoms with Crippen molar-refractivity contribution in [2.75, 3.05) is 18.5 Å². The number of hydrogen-bond donors (Lipinski definition) is 3. The first-order chi connectivity index (χ1) is 14.2. The van der Waals surface area contributed by atoms with Gasteiger partial charge in [0.2, 0.25) is 0 Å². The van der Waals surface area contributed by atoms with Crippen LogP contribution < -0.4 is 5.32 Å². The first-order valence-electron chi connectivity index (χ1n) is 9.62. The summed E-state index contributed by atoms with van der Waals surface area (Å²) in [6.07, 6.45) is 0.178. The molecule has 0 fully saturated rings. The zero-order valence-electron chi connectivity index (χ0n) is 17.4. The van der Waals surface area contributed by atoms with Crippen molar-refractivity contribution in [2.24, 2.45) is 0 Å². The molecule has 1 unspecified atom stereocenters. The van der Waals surface area contributed by atoms with Gasteiger partial charge in [-0.1, -0.05) is 23.7 Å². The molecule has 3 aromatic rings. The van der Waals surface area contributed by atoms with Crippen molar-refractivity contribution >= 4 is 39.8 Å². The topological polar surface area (TPSA) is 91.7 Å². The van der Waals surface area contributed by atoms with Crippen LogP contribution in [0.25, 0.3) is 10.9 Å². The Balaban J connectivity index is 2.11. The van der Waals surface area contributed by atoms with Gasteiger partial charge in [-0.25, -0.2) is 4.79 Å². The molecule has 6 nitrogen and oxygen atoms in total. The van der Waals surface area contributed by atoms with Gasteiger partial charge in [-0.15, -0.1) is 0 Å². The molecule has 1 heterocycles. The summed E-state index contributed by atoms with van der Waals surface area (Å²) in [7, 11) is 0. The molecule has 0 saturated heterocycles. The highest BCUT2D eigenvalue weighted by molar-refractivity contribution is 6.31. The fraction of sp³-hybridized carbons (Fsp3) is 0.158. The molecule has 0 aliphatic heterocycles. The number of ether oxygens (including phenoxy) is 1. The molecule has 0 amide bonds. The molecule has 0 aliphatic carbocycles. The summed E-state index contributed by atoms with van der Waals surface area (Å²) in [6.45, 7) is -1.16. The second-order valence-corrected chi connectivity index (χ2v) is 5.77. The summed E-state index contributed by atoms with van der Waals surface area (Å²) in [5.74, 6) is -1.07. The molecule has 7 heteroatoms. The number of esters is 1. The summed E-state index contributed by atoms with van der Waals surface area (Å²) in [6, 6.07) is 4.35. The number of para-hydroxylation sites is 1. The van der Waals surface area contributed by atoms with E-state index < -0.39 is 55.0 Å². The lowest BCUT2D eigenvalue weighted by molar-refractivity contribution is 0.00941. The number of nitrogens with one attached hydrogen (secondary N) is 1. The maximum absolute atomic E-state index is 12.6. The number of aliphatic hydroxyl groups is 2. The molecule has 3 N–H and O–H groups in total. The second kappa shape index (κ2) is 8.14. The Bertz CT molecular complexity index is 1130. The van der Waals surface area contributed by atoms with Gasteiger partial charge in [0.25, 0.3) is 0 Å². The highest BCUT2D eigenvalue weighted by Crippen LogP contribution is 2.28. The molecular weight excluding hydrogens is 356 g/mol. The van der Waals surface area contributed by atoms with Gasteiger partial charge in [-0.05, 0) is 36.4 Å². The van der Waals surface area contributed by atoms with Crippen molar-refractivity contribution in [3.8, 4) is 0 Å². The average molecular weight is 377 g/mol. The molecule has 0 radical (unpaired) electrons. The van der Waals surface area contributed by atoms with E-state index in [1.54, 1.807) is 24.3 Å². The van der Waals surface area contributed by atoms with Crippen molar-refractivity contribution in [3.63, 3.8) is 0 Å². The third kappa shape index (κ3) is 4.11. The summed E-state index contributed by atoms with van der Waals surface area (Å²) in [4.78, 5) is 16.8. The predicted molar refractivity (Wildman–Crippen MR) is 99.9 cm³/mol. The zero-order chi connectivity index (χ0) is 22.0. The number of rotatable bonds is 6. The fourth-order valence-electron chi connectivity index (χ4n) is 2.22. The molecule has 0 aliphatic rings. The minimum absolute atomic E-state index is 0.188. The maximum atomic E-state index is 12.6. The van der Waals surface area contributed by atoms with Gasteiger partial charge in [-0.2, -0.15) is 0 Å². The van der Waals surface area contributed by atoms with Crippen LogP contribution >= 0.6 is 11.6 Å². The van der Waals surface area contributed by atoms with Crippen LogP contribution in [-0.2, 0) is 4.74 Å². The van der Waals surface area contributed by atoms with E-state index in [0.717, 1.165) is 0 Å². The quantitative estimate of drug-likeness (QED) is 0.572. The number of aromatic nitrogens is 1. The van der Waals surface area contributed by atoms with Crippen molar-refractivity contribution in [1.82, 2.24) is 4.98 Å². The Labute approximate surface area is 160 Å². The first kappa shape index (κ1) is 13.5. The number of pyridine rings is 1. The zero-order valence-corrected chi connectivity index (χ0v) is 14.2. The lowest BCUT2D eigenvalue weighted by atomic mass is 10.1. The number of nitrogens with zero attached hydrogens (tertiary/aromatic N) is 1. The normalized spacial score (nSPS) is 14.1. The van der Waals surface area contributed by atoms with Crippen molar-refractivity contribution < 1.29 is 25.2 Å². The van der Waals surface area contributed by atoms with Crippen LogP contribution in [0.15, 0.2) is 54.6 Å². The van der Waals surface area contributed by atoms with E-state index in [-0.39, 0.29) is 5.69 Å². The Morgan fingerprint density at radius 1 is 1.31 bits per heavy atom. The molecule has 3 rings (SSSR count). The van der Waals surface area contributed by atoms with Gasteiger partial charge in [0, 0.05) is 22.3 Å². The van der Waals surface area contributed by atoms with E-state index in [1.165, 1.54) is 6.20 Å². The number of hydrogen-bond acceptors (Lipinski definition) is 6. The standard InChI is InChI=1S/C19H17ClN2O4/c20-12-5-6-14-17(7-8-21-18(14)9-12)22-16-4-2-1-3-15(16)19(25)26-11-13(24)10-23/h1-9,13,23-24H,10-11H2,(H,21,22)/i1D,2D,3D,4D. The van der Waals surface area contributed by atoms with Gasteiger partial charge in [-0.3, -0.25) is 4.98 Å². The number of carbonyl (C=O) groups excluding carboxylic acids is 1. The number of anilines is 2. The van der Waals surface area contributed by atoms with Crippen LogP contribution in [0.3, 0.4) is 0 Å². The largest absolute Gasteiger partial charge is 0.459 e. The third-order valence-corrected chi connectivity index (χ3v) is 3.71. The lowest BCUT2D eigenvalue weighted by Gasteiger charge is -2.14. The van der Waals surface area contributed by atoms with E-state index in [4.69, 9.17) is 26.9 Å². The Morgan fingerprint density at radius 3 is 2.92 bits per heavy atom. The van der Waals surface area contributed by atoms with Crippen LogP contribution in [0.1, 0.15) is 15.8 Å². The van der Waals surface area contributed by atoms with Crippen LogP contribution in [0.5, 0.6) is 0 Å². The Kier molecular flexibility index (Phi) is 4.23. The summed E-state index contributed by atoms with van der Waals surface area (Å²) >= 11 is 5.99. The van der Waals surface area contributed by atoms with E-state index in [1.807, 2.05) is 0 Å². The van der Waals surface area contributed by atoms with E-state index in [9.17, 15) is 9.90 Å². The van der Waals surface area contributed by atoms with Gasteiger partial charge in [0.05, 0.1) is 28.9 Å². The molecule has 1 atom stereocenters. The van der Waals surface area contributed by atoms with Crippen LogP contribution in [0.2, 0.25) is 5.02 Å². The maximum Gasteiger partial charge on any atom is 0.340 e. The molecule has 1 aromatic heterocycles. The van der Waals surface area contributed by atoms with Crippen LogP contribution in [0, 0.1) is 0 Å². The predicted octanol–water partition coefficient (Wildman–Crippen LogP) is 3.14. The number of carbonyl (C=O) groups is 1. The molecule has 2 aromatic carbocycles.